The number of hydrogen-bond donors (Lipinski definition) is 1. The smallest absolute Gasteiger partial charge is 0.288 e. The van der Waals surface area contributed by atoms with E-state index in [4.69, 9.17) is 5.26 Å². The third kappa shape index (κ3) is 3.04. The summed E-state index contributed by atoms with van der Waals surface area (Å²) in [5, 5.41) is 11.7. The molecule has 0 aliphatic heterocycles. The number of nitrogens with one attached hydrogen (secondary N) is 1. The molecule has 6 heteroatoms. The lowest BCUT2D eigenvalue weighted by Crippen LogP contribution is -2.40. The maximum absolute atomic E-state index is 12.1. The molecular weight excluding hydrogens is 270 g/mol. The molecule has 1 aliphatic rings. The molecule has 19 heavy (non-hydrogen) atoms. The van der Waals surface area contributed by atoms with Gasteiger partial charge in [-0.1, -0.05) is 11.8 Å². The third-order valence-corrected chi connectivity index (χ3v) is 3.92. The van der Waals surface area contributed by atoms with Gasteiger partial charge in [0.05, 0.1) is 6.07 Å². The minimum atomic E-state index is -2.46. The third-order valence-electron chi connectivity index (χ3n) is 3.19. The van der Waals surface area contributed by atoms with Crippen molar-refractivity contribution in [3.63, 3.8) is 0 Å². The maximum atomic E-state index is 12.1. The number of hydrogen-bond acceptors (Lipinski definition) is 3. The van der Waals surface area contributed by atoms with Gasteiger partial charge < -0.3 is 5.32 Å². The summed E-state index contributed by atoms with van der Waals surface area (Å²) in [4.78, 5) is 12.4. The summed E-state index contributed by atoms with van der Waals surface area (Å²) in [5.41, 5.74) is -0.388. The molecule has 1 amide bonds. The highest BCUT2D eigenvalue weighted by Crippen LogP contribution is 2.41. The zero-order valence-corrected chi connectivity index (χ0v) is 10.8. The van der Waals surface area contributed by atoms with Crippen molar-refractivity contribution >= 4 is 23.4 Å². The average molecular weight is 282 g/mol. The molecule has 0 spiro atoms. The lowest BCUT2D eigenvalue weighted by Gasteiger charge is -2.33. The summed E-state index contributed by atoms with van der Waals surface area (Å²) in [6.07, 6.45) is 2.04. The lowest BCUT2D eigenvalue weighted by molar-refractivity contribution is -0.126. The Morgan fingerprint density at radius 3 is 2.42 bits per heavy atom. The van der Waals surface area contributed by atoms with Gasteiger partial charge in [0.15, 0.2) is 0 Å². The van der Waals surface area contributed by atoms with Crippen LogP contribution < -0.4 is 5.32 Å². The highest BCUT2D eigenvalue weighted by atomic mass is 32.2. The molecule has 3 nitrogen and oxygen atoms in total. The molecule has 0 saturated heterocycles. The molecule has 1 fully saturated rings. The largest absolute Gasteiger partial charge is 0.325 e. The van der Waals surface area contributed by atoms with E-state index in [2.05, 4.69) is 11.4 Å². The summed E-state index contributed by atoms with van der Waals surface area (Å²) in [6.45, 7) is 0. The van der Waals surface area contributed by atoms with Gasteiger partial charge in [-0.05, 0) is 43.5 Å². The van der Waals surface area contributed by atoms with E-state index < -0.39 is 11.2 Å². The van der Waals surface area contributed by atoms with Crippen LogP contribution in [0.1, 0.15) is 19.3 Å². The minimum Gasteiger partial charge on any atom is -0.325 e. The molecule has 1 aromatic carbocycles. The van der Waals surface area contributed by atoms with Crippen LogP contribution in [0.25, 0.3) is 0 Å². The van der Waals surface area contributed by atoms with Crippen LogP contribution in [0.5, 0.6) is 0 Å². The van der Waals surface area contributed by atoms with Crippen LogP contribution in [-0.4, -0.2) is 11.7 Å². The molecule has 2 rings (SSSR count). The fraction of sp³-hybridized carbons (Fsp3) is 0.385. The highest BCUT2D eigenvalue weighted by molar-refractivity contribution is 7.99. The standard InChI is InChI=1S/C13H12F2N2OS/c14-12(15)19-10-4-2-9(3-5-10)17-11(18)13(8-16)6-1-7-13/h2-5,12H,1,6-7H2,(H,17,18). The van der Waals surface area contributed by atoms with Crippen LogP contribution >= 0.6 is 11.8 Å². The van der Waals surface area contributed by atoms with Crippen LogP contribution in [0.4, 0.5) is 14.5 Å². The van der Waals surface area contributed by atoms with Crippen molar-refractivity contribution in [3.8, 4) is 6.07 Å². The number of carbonyl (C=O) groups excluding carboxylic acids is 1. The van der Waals surface area contributed by atoms with Gasteiger partial charge in [-0.25, -0.2) is 0 Å². The predicted molar refractivity (Wildman–Crippen MR) is 68.8 cm³/mol. The number of anilines is 1. The molecule has 0 aromatic heterocycles. The molecule has 0 unspecified atom stereocenters. The first kappa shape index (κ1) is 13.8. The first-order chi connectivity index (χ1) is 9.05. The second-order valence-electron chi connectivity index (χ2n) is 4.40. The van der Waals surface area contributed by atoms with Gasteiger partial charge in [0, 0.05) is 10.6 Å². The number of nitrogens with zero attached hydrogens (tertiary/aromatic N) is 1. The van der Waals surface area contributed by atoms with E-state index in [1.54, 1.807) is 12.1 Å². The molecule has 100 valence electrons. The number of thioether (sulfide) groups is 1. The van der Waals surface area contributed by atoms with Gasteiger partial charge in [0.2, 0.25) is 5.91 Å². The first-order valence-electron chi connectivity index (χ1n) is 5.83. The van der Waals surface area contributed by atoms with E-state index >= 15 is 0 Å². The molecule has 0 radical (unpaired) electrons. The van der Waals surface area contributed by atoms with E-state index in [1.165, 1.54) is 12.1 Å². The van der Waals surface area contributed by atoms with Crippen molar-refractivity contribution in [1.29, 1.82) is 5.26 Å². The summed E-state index contributed by atoms with van der Waals surface area (Å²) < 4.78 is 24.3. The lowest BCUT2D eigenvalue weighted by atomic mass is 9.69. The first-order valence-corrected chi connectivity index (χ1v) is 6.71. The molecule has 1 aromatic rings. The quantitative estimate of drug-likeness (QED) is 0.858. The molecule has 0 heterocycles. The normalized spacial score (nSPS) is 16.5. The van der Waals surface area contributed by atoms with E-state index in [9.17, 15) is 13.6 Å². The van der Waals surface area contributed by atoms with Crippen LogP contribution in [-0.2, 0) is 4.79 Å². The number of benzene rings is 1. The van der Waals surface area contributed by atoms with Crippen molar-refractivity contribution in [2.45, 2.75) is 29.9 Å². The summed E-state index contributed by atoms with van der Waals surface area (Å²) >= 11 is 0.453. The van der Waals surface area contributed by atoms with Crippen LogP contribution in [0.3, 0.4) is 0 Å². The Balaban J connectivity index is 2.00. The summed E-state index contributed by atoms with van der Waals surface area (Å²) in [7, 11) is 0. The van der Waals surface area contributed by atoms with Crippen LogP contribution in [0, 0.1) is 16.7 Å². The predicted octanol–water partition coefficient (Wildman–Crippen LogP) is 3.63. The summed E-state index contributed by atoms with van der Waals surface area (Å²) in [6, 6.07) is 8.22. The topological polar surface area (TPSA) is 52.9 Å². The number of carbonyl (C=O) groups is 1. The van der Waals surface area contributed by atoms with Gasteiger partial charge in [-0.15, -0.1) is 0 Å². The Labute approximate surface area is 114 Å². The van der Waals surface area contributed by atoms with Gasteiger partial charge in [-0.3, -0.25) is 4.79 Å². The van der Waals surface area contributed by atoms with Crippen molar-refractivity contribution in [1.82, 2.24) is 0 Å². The SMILES string of the molecule is N#CC1(C(=O)Nc2ccc(SC(F)F)cc2)CCC1. The second-order valence-corrected chi connectivity index (χ2v) is 5.47. The Morgan fingerprint density at radius 2 is 2.00 bits per heavy atom. The number of rotatable bonds is 4. The molecule has 1 saturated carbocycles. The highest BCUT2D eigenvalue weighted by Gasteiger charge is 2.44. The van der Waals surface area contributed by atoms with Crippen molar-refractivity contribution in [3.05, 3.63) is 24.3 Å². The fourth-order valence-corrected chi connectivity index (χ4v) is 2.39. The number of halogens is 2. The minimum absolute atomic E-state index is 0.310. The second kappa shape index (κ2) is 5.57. The molecule has 1 aliphatic carbocycles. The van der Waals surface area contributed by atoms with E-state index in [0.717, 1.165) is 6.42 Å². The molecule has 0 bridgehead atoms. The zero-order chi connectivity index (χ0) is 13.9. The van der Waals surface area contributed by atoms with E-state index in [-0.39, 0.29) is 5.91 Å². The molecular formula is C13H12F2N2OS. The zero-order valence-electron chi connectivity index (χ0n) is 10.0. The fourth-order valence-electron chi connectivity index (χ4n) is 1.89. The Bertz CT molecular complexity index is 506. The maximum Gasteiger partial charge on any atom is 0.288 e. The number of amides is 1. The van der Waals surface area contributed by atoms with Gasteiger partial charge in [-0.2, -0.15) is 14.0 Å². The number of alkyl halides is 2. The summed E-state index contributed by atoms with van der Waals surface area (Å²) in [5.74, 6) is -2.77. The number of nitriles is 1. The van der Waals surface area contributed by atoms with Gasteiger partial charge in [0.25, 0.3) is 5.76 Å². The Morgan fingerprint density at radius 1 is 1.37 bits per heavy atom. The Hall–Kier alpha value is -1.61. The van der Waals surface area contributed by atoms with E-state index in [1.807, 2.05) is 0 Å². The van der Waals surface area contributed by atoms with Crippen molar-refractivity contribution in [2.24, 2.45) is 5.41 Å². The monoisotopic (exact) mass is 282 g/mol. The van der Waals surface area contributed by atoms with Crippen LogP contribution in [0.15, 0.2) is 29.2 Å². The van der Waals surface area contributed by atoms with Crippen LogP contribution in [0.2, 0.25) is 0 Å². The average Bonchev–Trinajstić information content (AvgIpc) is 2.30. The Kier molecular flexibility index (Phi) is 4.05. The molecule has 1 N–H and O–H groups in total. The van der Waals surface area contributed by atoms with E-state index in [0.29, 0.717) is 35.2 Å². The van der Waals surface area contributed by atoms with Gasteiger partial charge in [0.1, 0.15) is 5.41 Å². The van der Waals surface area contributed by atoms with Crippen molar-refractivity contribution in [2.75, 3.05) is 5.32 Å². The molecule has 0 atom stereocenters. The van der Waals surface area contributed by atoms with Gasteiger partial charge >= 0.3 is 0 Å². The van der Waals surface area contributed by atoms with Crippen molar-refractivity contribution < 1.29 is 13.6 Å².